The Bertz CT molecular complexity index is 691. The highest BCUT2D eigenvalue weighted by atomic mass is 32.2. The molecule has 1 fully saturated rings. The summed E-state index contributed by atoms with van der Waals surface area (Å²) in [5.41, 5.74) is 0.386. The van der Waals surface area contributed by atoms with Crippen molar-refractivity contribution in [1.29, 1.82) is 0 Å². The smallest absolute Gasteiger partial charge is 0.243 e. The van der Waals surface area contributed by atoms with E-state index in [9.17, 15) is 16.8 Å². The Balaban J connectivity index is 2.10. The zero-order chi connectivity index (χ0) is 16.2. The van der Waals surface area contributed by atoms with Gasteiger partial charge >= 0.3 is 0 Å². The predicted octanol–water partition coefficient (Wildman–Crippen LogP) is 2.01. The van der Waals surface area contributed by atoms with E-state index >= 15 is 0 Å². The standard InChI is InChI=1S/C14H22N2O4S2/c1-2-3-12-21(17,18)15-13-6-8-14(9-7-13)22(19,20)16-10-4-5-11-16/h6-9,15H,2-5,10-12H2,1H3. The minimum absolute atomic E-state index is 0.0668. The lowest BCUT2D eigenvalue weighted by molar-refractivity contribution is 0.477. The molecule has 0 amide bonds. The third-order valence-electron chi connectivity index (χ3n) is 3.60. The molecule has 6 nitrogen and oxygen atoms in total. The van der Waals surface area contributed by atoms with Crippen molar-refractivity contribution < 1.29 is 16.8 Å². The van der Waals surface area contributed by atoms with Gasteiger partial charge in [-0.1, -0.05) is 13.3 Å². The normalized spacial score (nSPS) is 16.8. The Hall–Kier alpha value is -1.12. The fourth-order valence-corrected chi connectivity index (χ4v) is 5.12. The van der Waals surface area contributed by atoms with Gasteiger partial charge in [0.1, 0.15) is 0 Å². The summed E-state index contributed by atoms with van der Waals surface area (Å²) in [4.78, 5) is 0.200. The molecule has 0 unspecified atom stereocenters. The Labute approximate surface area is 132 Å². The maximum Gasteiger partial charge on any atom is 0.243 e. The molecular formula is C14H22N2O4S2. The molecule has 1 aromatic rings. The highest BCUT2D eigenvalue weighted by Gasteiger charge is 2.26. The summed E-state index contributed by atoms with van der Waals surface area (Å²) < 4.78 is 52.3. The summed E-state index contributed by atoms with van der Waals surface area (Å²) in [6.07, 6.45) is 3.16. The highest BCUT2D eigenvalue weighted by Crippen LogP contribution is 2.22. The third-order valence-corrected chi connectivity index (χ3v) is 6.88. The number of nitrogens with one attached hydrogen (secondary N) is 1. The molecule has 1 aliphatic heterocycles. The van der Waals surface area contributed by atoms with Gasteiger partial charge in [-0.2, -0.15) is 4.31 Å². The van der Waals surface area contributed by atoms with Crippen LogP contribution in [0.4, 0.5) is 5.69 Å². The fourth-order valence-electron chi connectivity index (χ4n) is 2.34. The van der Waals surface area contributed by atoms with Crippen molar-refractivity contribution in [2.24, 2.45) is 0 Å². The topological polar surface area (TPSA) is 83.5 Å². The Morgan fingerprint density at radius 2 is 1.64 bits per heavy atom. The zero-order valence-electron chi connectivity index (χ0n) is 12.7. The van der Waals surface area contributed by atoms with Gasteiger partial charge in [0.05, 0.1) is 10.6 Å². The number of nitrogens with zero attached hydrogens (tertiary/aromatic N) is 1. The largest absolute Gasteiger partial charge is 0.284 e. The van der Waals surface area contributed by atoms with E-state index in [1.54, 1.807) is 0 Å². The number of benzene rings is 1. The zero-order valence-corrected chi connectivity index (χ0v) is 14.3. The average molecular weight is 346 g/mol. The summed E-state index contributed by atoms with van der Waals surface area (Å²) >= 11 is 0. The number of anilines is 1. The van der Waals surface area contributed by atoms with Crippen molar-refractivity contribution in [3.8, 4) is 0 Å². The van der Waals surface area contributed by atoms with E-state index < -0.39 is 20.0 Å². The van der Waals surface area contributed by atoms with Gasteiger partial charge in [0.2, 0.25) is 20.0 Å². The second-order valence-corrected chi connectivity index (χ2v) is 9.19. The second-order valence-electron chi connectivity index (χ2n) is 5.41. The first-order valence-corrected chi connectivity index (χ1v) is 10.5. The molecule has 2 rings (SSSR count). The van der Waals surface area contributed by atoms with Crippen LogP contribution in [0.2, 0.25) is 0 Å². The molecule has 0 radical (unpaired) electrons. The molecule has 1 saturated heterocycles. The quantitative estimate of drug-likeness (QED) is 0.818. The first kappa shape index (κ1) is 17.2. The minimum Gasteiger partial charge on any atom is -0.284 e. The molecule has 0 spiro atoms. The summed E-state index contributed by atoms with van der Waals surface area (Å²) in [5.74, 6) is 0.0668. The molecule has 0 saturated carbocycles. The van der Waals surface area contributed by atoms with E-state index in [0.29, 0.717) is 25.2 Å². The van der Waals surface area contributed by atoms with Gasteiger partial charge in [-0.25, -0.2) is 16.8 Å². The molecule has 0 atom stereocenters. The SMILES string of the molecule is CCCCS(=O)(=O)Nc1ccc(S(=O)(=O)N2CCCC2)cc1. The van der Waals surface area contributed by atoms with Crippen molar-refractivity contribution in [3.05, 3.63) is 24.3 Å². The first-order chi connectivity index (χ1) is 10.3. The van der Waals surface area contributed by atoms with E-state index in [1.165, 1.54) is 28.6 Å². The van der Waals surface area contributed by atoms with Crippen LogP contribution >= 0.6 is 0 Å². The van der Waals surface area contributed by atoms with Crippen molar-refractivity contribution >= 4 is 25.7 Å². The van der Waals surface area contributed by atoms with Crippen molar-refractivity contribution in [1.82, 2.24) is 4.31 Å². The van der Waals surface area contributed by atoms with Gasteiger partial charge in [-0.05, 0) is 43.5 Å². The summed E-state index contributed by atoms with van der Waals surface area (Å²) in [6.45, 7) is 3.02. The highest BCUT2D eigenvalue weighted by molar-refractivity contribution is 7.92. The molecule has 0 aromatic heterocycles. The Morgan fingerprint density at radius 1 is 1.05 bits per heavy atom. The molecule has 1 aliphatic rings. The van der Waals surface area contributed by atoms with Gasteiger partial charge < -0.3 is 0 Å². The number of rotatable bonds is 7. The van der Waals surface area contributed by atoms with E-state index in [2.05, 4.69) is 4.72 Å². The van der Waals surface area contributed by atoms with Crippen LogP contribution in [0.5, 0.6) is 0 Å². The van der Waals surface area contributed by atoms with Crippen LogP contribution in [0.3, 0.4) is 0 Å². The molecule has 124 valence electrons. The van der Waals surface area contributed by atoms with E-state index in [1.807, 2.05) is 6.92 Å². The molecule has 0 aliphatic carbocycles. The van der Waals surface area contributed by atoms with E-state index in [4.69, 9.17) is 0 Å². The lowest BCUT2D eigenvalue weighted by Gasteiger charge is -2.15. The van der Waals surface area contributed by atoms with Crippen LogP contribution in [0, 0.1) is 0 Å². The van der Waals surface area contributed by atoms with Gasteiger partial charge in [0.15, 0.2) is 0 Å². The Kier molecular flexibility index (Phi) is 5.46. The van der Waals surface area contributed by atoms with Gasteiger partial charge in [0.25, 0.3) is 0 Å². The minimum atomic E-state index is -3.46. The van der Waals surface area contributed by atoms with Crippen molar-refractivity contribution in [3.63, 3.8) is 0 Å². The van der Waals surface area contributed by atoms with Crippen molar-refractivity contribution in [2.75, 3.05) is 23.6 Å². The number of hydrogen-bond acceptors (Lipinski definition) is 4. The van der Waals surface area contributed by atoms with Gasteiger partial charge in [0, 0.05) is 18.8 Å². The molecule has 0 bridgehead atoms. The van der Waals surface area contributed by atoms with Gasteiger partial charge in [-0.15, -0.1) is 0 Å². The maximum absolute atomic E-state index is 12.4. The van der Waals surface area contributed by atoms with Gasteiger partial charge in [-0.3, -0.25) is 4.72 Å². The number of hydrogen-bond donors (Lipinski definition) is 1. The van der Waals surface area contributed by atoms with Crippen LogP contribution in [-0.4, -0.2) is 40.0 Å². The molecule has 22 heavy (non-hydrogen) atoms. The monoisotopic (exact) mass is 346 g/mol. The van der Waals surface area contributed by atoms with Crippen LogP contribution in [0.25, 0.3) is 0 Å². The molecule has 1 heterocycles. The van der Waals surface area contributed by atoms with Crippen LogP contribution in [0.15, 0.2) is 29.2 Å². The third kappa shape index (κ3) is 4.21. The lowest BCUT2D eigenvalue weighted by Crippen LogP contribution is -2.27. The Morgan fingerprint density at radius 3 is 2.18 bits per heavy atom. The molecule has 1 aromatic carbocycles. The van der Waals surface area contributed by atoms with E-state index in [-0.39, 0.29) is 10.6 Å². The van der Waals surface area contributed by atoms with Crippen molar-refractivity contribution in [2.45, 2.75) is 37.5 Å². The number of sulfonamides is 2. The summed E-state index contributed by atoms with van der Waals surface area (Å²) in [5, 5.41) is 0. The average Bonchev–Trinajstić information content (AvgIpc) is 3.00. The summed E-state index contributed by atoms with van der Waals surface area (Å²) in [6, 6.07) is 5.88. The van der Waals surface area contributed by atoms with E-state index in [0.717, 1.165) is 19.3 Å². The maximum atomic E-state index is 12.4. The lowest BCUT2D eigenvalue weighted by atomic mass is 10.3. The predicted molar refractivity (Wildman–Crippen MR) is 86.8 cm³/mol. The molecular weight excluding hydrogens is 324 g/mol. The second kappa shape index (κ2) is 6.97. The first-order valence-electron chi connectivity index (χ1n) is 7.46. The van der Waals surface area contributed by atoms with Crippen LogP contribution in [-0.2, 0) is 20.0 Å². The molecule has 1 N–H and O–H groups in total. The number of unbranched alkanes of at least 4 members (excludes halogenated alkanes) is 1. The fraction of sp³-hybridized carbons (Fsp3) is 0.571. The molecule has 8 heteroatoms. The van der Waals surface area contributed by atoms with Crippen LogP contribution < -0.4 is 4.72 Å². The summed E-state index contributed by atoms with van der Waals surface area (Å²) in [7, 11) is -6.83. The van der Waals surface area contributed by atoms with Crippen LogP contribution in [0.1, 0.15) is 32.6 Å².